The Hall–Kier alpha value is -1.93. The van der Waals surface area contributed by atoms with Crippen molar-refractivity contribution in [1.82, 2.24) is 9.80 Å². The van der Waals surface area contributed by atoms with E-state index in [0.717, 1.165) is 0 Å². The summed E-state index contributed by atoms with van der Waals surface area (Å²) in [5.41, 5.74) is -2.72. The Bertz CT molecular complexity index is 757. The third kappa shape index (κ3) is 2.99. The van der Waals surface area contributed by atoms with Crippen LogP contribution in [0.5, 0.6) is 0 Å². The molecule has 3 fully saturated rings. The summed E-state index contributed by atoms with van der Waals surface area (Å²) in [6, 6.07) is -1.56. The van der Waals surface area contributed by atoms with Crippen LogP contribution < -0.4 is 0 Å². The number of nitrogens with zero attached hydrogens (tertiary/aromatic N) is 2. The molecule has 0 aromatic rings. The van der Waals surface area contributed by atoms with Gasteiger partial charge < -0.3 is 24.7 Å². The molecule has 2 bridgehead atoms. The van der Waals surface area contributed by atoms with E-state index in [9.17, 15) is 24.6 Å². The molecule has 2 amide bonds. The Morgan fingerprint density at radius 2 is 2.03 bits per heavy atom. The molecule has 168 valence electrons. The number of aliphatic hydroxyl groups is 1. The average molecular weight is 423 g/mol. The summed E-state index contributed by atoms with van der Waals surface area (Å²) in [5.74, 6) is -3.73. The van der Waals surface area contributed by atoms with Crippen LogP contribution in [0.3, 0.4) is 0 Å². The van der Waals surface area contributed by atoms with Gasteiger partial charge in [-0.2, -0.15) is 0 Å². The molecule has 3 aliphatic rings. The van der Waals surface area contributed by atoms with Gasteiger partial charge in [-0.15, -0.1) is 6.58 Å². The lowest BCUT2D eigenvalue weighted by molar-refractivity contribution is -0.160. The molecule has 3 rings (SSSR count). The van der Waals surface area contributed by atoms with Crippen LogP contribution in [0.25, 0.3) is 0 Å². The van der Waals surface area contributed by atoms with Crippen molar-refractivity contribution in [2.24, 2.45) is 11.8 Å². The predicted molar refractivity (Wildman–Crippen MR) is 110 cm³/mol. The first-order valence-electron chi connectivity index (χ1n) is 10.7. The number of amides is 2. The van der Waals surface area contributed by atoms with Crippen LogP contribution in [0.4, 0.5) is 0 Å². The fourth-order valence-corrected chi connectivity index (χ4v) is 5.80. The van der Waals surface area contributed by atoms with E-state index in [1.165, 1.54) is 4.90 Å². The molecule has 2 unspecified atom stereocenters. The zero-order chi connectivity index (χ0) is 22.6. The van der Waals surface area contributed by atoms with Crippen molar-refractivity contribution in [3.05, 3.63) is 12.7 Å². The van der Waals surface area contributed by atoms with Gasteiger partial charge in [-0.1, -0.05) is 13.0 Å². The van der Waals surface area contributed by atoms with Crippen molar-refractivity contribution < 1.29 is 29.3 Å². The number of carbonyl (C=O) groups is 3. The smallest absolute Gasteiger partial charge is 0.310 e. The highest BCUT2D eigenvalue weighted by molar-refractivity contribution is 5.98. The number of fused-ring (bicyclic) bond motifs is 1. The number of likely N-dealkylation sites (tertiary alicyclic amines) is 1. The number of carboxylic acid groups (broad SMARTS) is 1. The molecule has 0 radical (unpaired) electrons. The first-order valence-corrected chi connectivity index (χ1v) is 10.7. The van der Waals surface area contributed by atoms with Crippen LogP contribution in [0.1, 0.15) is 53.9 Å². The summed E-state index contributed by atoms with van der Waals surface area (Å²) in [6.45, 7) is 13.0. The molecule has 1 spiro atoms. The second-order valence-corrected chi connectivity index (χ2v) is 9.96. The van der Waals surface area contributed by atoms with Gasteiger partial charge in [0.15, 0.2) is 0 Å². The Labute approximate surface area is 177 Å². The minimum Gasteiger partial charge on any atom is -0.481 e. The van der Waals surface area contributed by atoms with E-state index in [1.54, 1.807) is 17.9 Å². The van der Waals surface area contributed by atoms with Crippen molar-refractivity contribution in [1.29, 1.82) is 0 Å². The quantitative estimate of drug-likeness (QED) is 0.601. The van der Waals surface area contributed by atoms with Crippen LogP contribution in [-0.2, 0) is 19.1 Å². The summed E-state index contributed by atoms with van der Waals surface area (Å²) < 4.78 is 6.36. The molecule has 0 aromatic heterocycles. The van der Waals surface area contributed by atoms with Gasteiger partial charge in [-0.05, 0) is 47.0 Å². The first kappa shape index (κ1) is 22.7. The molecule has 0 aliphatic carbocycles. The molecule has 0 aromatic carbocycles. The predicted octanol–water partition coefficient (Wildman–Crippen LogP) is 1.42. The Morgan fingerprint density at radius 3 is 2.50 bits per heavy atom. The highest BCUT2D eigenvalue weighted by atomic mass is 16.5. The average Bonchev–Trinajstić information content (AvgIpc) is 3.21. The standard InChI is InChI=1S/C22H34N2O6/c1-7-11-23(20(3,4)5)18(27)16-22-10-9-21(6,30-22)15(19(28)29)14(22)17(26)24(16)13(8-2)12-25/h7,13-16,25H,1,8-12H2,2-6H3,(H,28,29)/t13-,14-,15+,16?,21-,22?/m0/s1. The maximum Gasteiger partial charge on any atom is 0.310 e. The monoisotopic (exact) mass is 422 g/mol. The van der Waals surface area contributed by atoms with Gasteiger partial charge in [0.25, 0.3) is 0 Å². The molecule has 3 heterocycles. The number of aliphatic carboxylic acids is 1. The maximum atomic E-state index is 14.0. The molecule has 0 saturated carbocycles. The number of carboxylic acids is 1. The van der Waals surface area contributed by atoms with E-state index in [2.05, 4.69) is 6.58 Å². The van der Waals surface area contributed by atoms with E-state index < -0.39 is 52.5 Å². The second-order valence-electron chi connectivity index (χ2n) is 9.96. The Balaban J connectivity index is 2.17. The number of ether oxygens (including phenoxy) is 1. The van der Waals surface area contributed by atoms with Crippen molar-refractivity contribution in [2.75, 3.05) is 13.2 Å². The van der Waals surface area contributed by atoms with Crippen molar-refractivity contribution in [3.63, 3.8) is 0 Å². The van der Waals surface area contributed by atoms with Crippen LogP contribution in [-0.4, -0.2) is 79.8 Å². The molecule has 6 atom stereocenters. The third-order valence-corrected chi connectivity index (χ3v) is 7.18. The van der Waals surface area contributed by atoms with Crippen LogP contribution in [0.15, 0.2) is 12.7 Å². The zero-order valence-corrected chi connectivity index (χ0v) is 18.6. The van der Waals surface area contributed by atoms with E-state index in [0.29, 0.717) is 19.3 Å². The van der Waals surface area contributed by atoms with Gasteiger partial charge in [0.05, 0.1) is 30.1 Å². The molecule has 30 heavy (non-hydrogen) atoms. The number of hydrogen-bond donors (Lipinski definition) is 2. The van der Waals surface area contributed by atoms with Crippen LogP contribution >= 0.6 is 0 Å². The highest BCUT2D eigenvalue weighted by Gasteiger charge is 2.78. The third-order valence-electron chi connectivity index (χ3n) is 7.18. The lowest BCUT2D eigenvalue weighted by atomic mass is 9.66. The van der Waals surface area contributed by atoms with Crippen LogP contribution in [0, 0.1) is 11.8 Å². The van der Waals surface area contributed by atoms with E-state index >= 15 is 0 Å². The minimum atomic E-state index is -1.20. The SMILES string of the molecule is C=CCN(C(=O)C1N([C@@H](CC)CO)C(=O)[C@@H]2[C@H](C(=O)O)[C@]3(C)CCC12O3)C(C)(C)C. The molecular weight excluding hydrogens is 388 g/mol. The summed E-state index contributed by atoms with van der Waals surface area (Å²) in [5, 5.41) is 19.9. The van der Waals surface area contributed by atoms with E-state index in [-0.39, 0.29) is 19.1 Å². The van der Waals surface area contributed by atoms with Gasteiger partial charge in [-0.25, -0.2) is 0 Å². The van der Waals surface area contributed by atoms with Crippen molar-refractivity contribution >= 4 is 17.8 Å². The zero-order valence-electron chi connectivity index (χ0n) is 18.6. The van der Waals surface area contributed by atoms with Gasteiger partial charge in [0, 0.05) is 12.1 Å². The Morgan fingerprint density at radius 1 is 1.40 bits per heavy atom. The fourth-order valence-electron chi connectivity index (χ4n) is 5.80. The highest BCUT2D eigenvalue weighted by Crippen LogP contribution is 2.63. The van der Waals surface area contributed by atoms with Gasteiger partial charge in [0.2, 0.25) is 11.8 Å². The topological polar surface area (TPSA) is 107 Å². The van der Waals surface area contributed by atoms with E-state index in [4.69, 9.17) is 4.74 Å². The maximum absolute atomic E-state index is 14.0. The summed E-state index contributed by atoms with van der Waals surface area (Å²) >= 11 is 0. The number of rotatable bonds is 7. The molecule has 3 aliphatic heterocycles. The van der Waals surface area contributed by atoms with Gasteiger partial charge >= 0.3 is 5.97 Å². The Kier molecular flexibility index (Phi) is 5.56. The molecule has 8 heteroatoms. The fraction of sp³-hybridized carbons (Fsp3) is 0.773. The minimum absolute atomic E-state index is 0.289. The summed E-state index contributed by atoms with van der Waals surface area (Å²) in [4.78, 5) is 42.8. The van der Waals surface area contributed by atoms with Crippen molar-refractivity contribution in [2.45, 2.75) is 82.7 Å². The number of carbonyl (C=O) groups excluding carboxylic acids is 2. The van der Waals surface area contributed by atoms with Crippen molar-refractivity contribution in [3.8, 4) is 0 Å². The second kappa shape index (κ2) is 7.34. The largest absolute Gasteiger partial charge is 0.481 e. The van der Waals surface area contributed by atoms with Crippen LogP contribution in [0.2, 0.25) is 0 Å². The van der Waals surface area contributed by atoms with Gasteiger partial charge in [0.1, 0.15) is 11.6 Å². The lowest BCUT2D eigenvalue weighted by Crippen LogP contribution is -2.61. The van der Waals surface area contributed by atoms with Gasteiger partial charge in [-0.3, -0.25) is 14.4 Å². The first-order chi connectivity index (χ1) is 13.9. The normalized spacial score (nSPS) is 36.0. The summed E-state index contributed by atoms with van der Waals surface area (Å²) in [6.07, 6.45) is 2.99. The summed E-state index contributed by atoms with van der Waals surface area (Å²) in [7, 11) is 0. The number of hydrogen-bond acceptors (Lipinski definition) is 5. The molecular formula is C22H34N2O6. The molecule has 2 N–H and O–H groups in total. The van der Waals surface area contributed by atoms with E-state index in [1.807, 2.05) is 27.7 Å². The molecule has 8 nitrogen and oxygen atoms in total. The molecule has 3 saturated heterocycles. The lowest BCUT2D eigenvalue weighted by Gasteiger charge is -2.43. The number of aliphatic hydroxyl groups excluding tert-OH is 1.